The molecule has 0 aromatic carbocycles. The summed E-state index contributed by atoms with van der Waals surface area (Å²) < 4.78 is 23.7. The molecule has 2 rings (SSSR count). The van der Waals surface area contributed by atoms with Crippen molar-refractivity contribution in [3.05, 3.63) is 17.5 Å². The second-order valence-corrected chi connectivity index (χ2v) is 7.88. The maximum atomic E-state index is 11.8. The van der Waals surface area contributed by atoms with Crippen LogP contribution in [0.15, 0.2) is 6.20 Å². The minimum absolute atomic E-state index is 0.0241. The van der Waals surface area contributed by atoms with Crippen LogP contribution >= 0.6 is 11.8 Å². The lowest BCUT2D eigenvalue weighted by molar-refractivity contribution is 0.0695. The number of aromatic carboxylic acids is 1. The molecule has 110 valence electrons. The molecule has 7 nitrogen and oxygen atoms in total. The standard InChI is InChI=1S/C11H15N3O4S2/c1-7-8(10(15)16)5-12-11(13-7)14-3-4-19-6-9(14)20(2,17)18/h5,9H,3-4,6H2,1-2H3,(H,15,16). The Labute approximate surface area is 121 Å². The molecule has 0 amide bonds. The molecule has 1 saturated heterocycles. The van der Waals surface area contributed by atoms with Crippen LogP contribution in [0.25, 0.3) is 0 Å². The smallest absolute Gasteiger partial charge is 0.339 e. The first kappa shape index (κ1) is 15.0. The highest BCUT2D eigenvalue weighted by Gasteiger charge is 2.32. The Hall–Kier alpha value is -1.35. The summed E-state index contributed by atoms with van der Waals surface area (Å²) in [5.74, 6) is 0.419. The highest BCUT2D eigenvalue weighted by molar-refractivity contribution is 8.01. The number of hydrogen-bond donors (Lipinski definition) is 1. The Balaban J connectivity index is 2.38. The van der Waals surface area contributed by atoms with Crippen LogP contribution in [0.1, 0.15) is 16.1 Å². The number of anilines is 1. The van der Waals surface area contributed by atoms with E-state index >= 15 is 0 Å². The maximum absolute atomic E-state index is 11.8. The lowest BCUT2D eigenvalue weighted by Gasteiger charge is -2.34. The zero-order valence-corrected chi connectivity index (χ0v) is 12.7. The van der Waals surface area contributed by atoms with Crippen molar-refractivity contribution in [1.82, 2.24) is 9.97 Å². The van der Waals surface area contributed by atoms with Crippen LogP contribution in [0.4, 0.5) is 5.95 Å². The van der Waals surface area contributed by atoms with Gasteiger partial charge in [0.05, 0.1) is 11.3 Å². The number of aromatic nitrogens is 2. The van der Waals surface area contributed by atoms with Crippen LogP contribution in [-0.2, 0) is 9.84 Å². The van der Waals surface area contributed by atoms with Crippen LogP contribution in [0.5, 0.6) is 0 Å². The van der Waals surface area contributed by atoms with Crippen molar-refractivity contribution in [2.45, 2.75) is 12.3 Å². The highest BCUT2D eigenvalue weighted by Crippen LogP contribution is 2.24. The van der Waals surface area contributed by atoms with Crippen molar-refractivity contribution in [2.24, 2.45) is 0 Å². The Bertz CT molecular complexity index is 633. The van der Waals surface area contributed by atoms with E-state index in [1.807, 2.05) is 0 Å². The Kier molecular flexibility index (Phi) is 4.19. The third-order valence-electron chi connectivity index (χ3n) is 3.03. The molecule has 1 N–H and O–H groups in total. The zero-order valence-electron chi connectivity index (χ0n) is 11.1. The largest absolute Gasteiger partial charge is 0.478 e. The van der Waals surface area contributed by atoms with Crippen molar-refractivity contribution in [3.8, 4) is 0 Å². The fourth-order valence-corrected chi connectivity index (χ4v) is 4.78. The van der Waals surface area contributed by atoms with Crippen LogP contribution in [0.2, 0.25) is 0 Å². The summed E-state index contributed by atoms with van der Waals surface area (Å²) >= 11 is 1.57. The third-order valence-corrected chi connectivity index (χ3v) is 5.68. The van der Waals surface area contributed by atoms with E-state index in [1.54, 1.807) is 23.6 Å². The molecule has 20 heavy (non-hydrogen) atoms. The number of carboxylic acid groups (broad SMARTS) is 1. The van der Waals surface area contributed by atoms with E-state index in [0.717, 1.165) is 5.75 Å². The van der Waals surface area contributed by atoms with E-state index in [9.17, 15) is 13.2 Å². The fourth-order valence-electron chi connectivity index (χ4n) is 1.97. The zero-order chi connectivity index (χ0) is 14.9. The molecule has 1 aliphatic heterocycles. The summed E-state index contributed by atoms with van der Waals surface area (Å²) in [6.45, 7) is 2.09. The van der Waals surface area contributed by atoms with Crippen LogP contribution in [-0.4, -0.2) is 59.1 Å². The quantitative estimate of drug-likeness (QED) is 0.855. The van der Waals surface area contributed by atoms with Crippen LogP contribution < -0.4 is 4.90 Å². The Morgan fingerprint density at radius 2 is 2.25 bits per heavy atom. The van der Waals surface area contributed by atoms with Gasteiger partial charge in [-0.3, -0.25) is 0 Å². The molecular weight excluding hydrogens is 302 g/mol. The van der Waals surface area contributed by atoms with Gasteiger partial charge >= 0.3 is 5.97 Å². The second kappa shape index (κ2) is 5.57. The number of hydrogen-bond acceptors (Lipinski definition) is 7. The van der Waals surface area contributed by atoms with E-state index in [2.05, 4.69) is 9.97 Å². The molecule has 1 unspecified atom stereocenters. The van der Waals surface area contributed by atoms with E-state index in [-0.39, 0.29) is 11.5 Å². The average molecular weight is 317 g/mol. The number of carboxylic acids is 1. The Morgan fingerprint density at radius 1 is 1.55 bits per heavy atom. The molecule has 1 aromatic rings. The monoisotopic (exact) mass is 317 g/mol. The number of aryl methyl sites for hydroxylation is 1. The van der Waals surface area contributed by atoms with Gasteiger partial charge in [0.2, 0.25) is 5.95 Å². The minimum atomic E-state index is -3.25. The van der Waals surface area contributed by atoms with Gasteiger partial charge in [0, 0.05) is 30.5 Å². The number of rotatable bonds is 3. The predicted octanol–water partition coefficient (Wildman–Crippen LogP) is 0.407. The molecule has 9 heteroatoms. The summed E-state index contributed by atoms with van der Waals surface area (Å²) in [7, 11) is -3.25. The summed E-state index contributed by atoms with van der Waals surface area (Å²) in [5.41, 5.74) is 0.351. The van der Waals surface area contributed by atoms with Gasteiger partial charge in [0.25, 0.3) is 0 Å². The van der Waals surface area contributed by atoms with Gasteiger partial charge in [-0.25, -0.2) is 23.2 Å². The fraction of sp³-hybridized carbons (Fsp3) is 0.545. The molecule has 1 fully saturated rings. The van der Waals surface area contributed by atoms with E-state index in [0.29, 0.717) is 18.0 Å². The van der Waals surface area contributed by atoms with Crippen molar-refractivity contribution in [2.75, 3.05) is 29.2 Å². The van der Waals surface area contributed by atoms with Gasteiger partial charge in [0.1, 0.15) is 5.37 Å². The van der Waals surface area contributed by atoms with Gasteiger partial charge in [-0.15, -0.1) is 0 Å². The molecule has 0 saturated carbocycles. The first-order chi connectivity index (χ1) is 9.30. The molecule has 0 aliphatic carbocycles. The number of nitrogens with zero attached hydrogens (tertiary/aromatic N) is 3. The number of sulfone groups is 1. The van der Waals surface area contributed by atoms with E-state index < -0.39 is 21.2 Å². The molecule has 1 aromatic heterocycles. The van der Waals surface area contributed by atoms with Crippen LogP contribution in [0.3, 0.4) is 0 Å². The first-order valence-corrected chi connectivity index (χ1v) is 9.02. The average Bonchev–Trinajstić information content (AvgIpc) is 2.37. The predicted molar refractivity (Wildman–Crippen MR) is 77.0 cm³/mol. The SMILES string of the molecule is Cc1nc(N2CCSCC2S(C)(=O)=O)ncc1C(=O)O. The highest BCUT2D eigenvalue weighted by atomic mass is 32.2. The normalized spacial score (nSPS) is 19.9. The second-order valence-electron chi connectivity index (χ2n) is 4.53. The molecule has 2 heterocycles. The van der Waals surface area contributed by atoms with Crippen molar-refractivity contribution < 1.29 is 18.3 Å². The Morgan fingerprint density at radius 3 is 2.80 bits per heavy atom. The summed E-state index contributed by atoms with van der Waals surface area (Å²) in [6, 6.07) is 0. The summed E-state index contributed by atoms with van der Waals surface area (Å²) in [4.78, 5) is 20.7. The lowest BCUT2D eigenvalue weighted by atomic mass is 10.2. The molecule has 0 bridgehead atoms. The number of thioether (sulfide) groups is 1. The summed E-state index contributed by atoms with van der Waals surface area (Å²) in [5, 5.41) is 8.29. The van der Waals surface area contributed by atoms with Crippen LogP contribution in [0, 0.1) is 6.92 Å². The molecule has 1 atom stereocenters. The van der Waals surface area contributed by atoms with Gasteiger partial charge < -0.3 is 10.0 Å². The minimum Gasteiger partial charge on any atom is -0.478 e. The number of carbonyl (C=O) groups is 1. The van der Waals surface area contributed by atoms with Gasteiger partial charge in [0.15, 0.2) is 9.84 Å². The van der Waals surface area contributed by atoms with Crippen molar-refractivity contribution >= 4 is 33.5 Å². The van der Waals surface area contributed by atoms with E-state index in [4.69, 9.17) is 5.11 Å². The third kappa shape index (κ3) is 3.04. The summed E-state index contributed by atoms with van der Waals surface area (Å²) in [6.07, 6.45) is 2.41. The molecule has 0 spiro atoms. The van der Waals surface area contributed by atoms with Crippen molar-refractivity contribution in [3.63, 3.8) is 0 Å². The maximum Gasteiger partial charge on any atom is 0.339 e. The lowest BCUT2D eigenvalue weighted by Crippen LogP contribution is -2.47. The van der Waals surface area contributed by atoms with Crippen molar-refractivity contribution in [1.29, 1.82) is 0 Å². The molecule has 1 aliphatic rings. The van der Waals surface area contributed by atoms with Gasteiger partial charge in [-0.1, -0.05) is 0 Å². The van der Waals surface area contributed by atoms with Gasteiger partial charge in [-0.2, -0.15) is 11.8 Å². The van der Waals surface area contributed by atoms with E-state index in [1.165, 1.54) is 12.5 Å². The topological polar surface area (TPSA) is 100 Å². The molecule has 0 radical (unpaired) electrons. The first-order valence-electron chi connectivity index (χ1n) is 5.91. The van der Waals surface area contributed by atoms with Gasteiger partial charge in [-0.05, 0) is 6.92 Å². The molecular formula is C11H15N3O4S2.